The molecule has 1 saturated carbocycles. The molecule has 2 atom stereocenters. The zero-order valence-electron chi connectivity index (χ0n) is 14.3. The molecule has 2 aliphatic carbocycles. The molecular formula is C21H31N. The van der Waals surface area contributed by atoms with Crippen molar-refractivity contribution in [3.05, 3.63) is 47.7 Å². The number of rotatable bonds is 6. The monoisotopic (exact) mass is 297 g/mol. The Labute approximate surface area is 136 Å². The molecule has 1 N–H and O–H groups in total. The highest BCUT2D eigenvalue weighted by Crippen LogP contribution is 2.47. The summed E-state index contributed by atoms with van der Waals surface area (Å²) in [5.74, 6) is 0.503. The fourth-order valence-corrected chi connectivity index (χ4v) is 4.72. The van der Waals surface area contributed by atoms with Gasteiger partial charge in [-0.05, 0) is 55.6 Å². The molecule has 2 unspecified atom stereocenters. The van der Waals surface area contributed by atoms with Crippen molar-refractivity contribution in [3.63, 3.8) is 0 Å². The summed E-state index contributed by atoms with van der Waals surface area (Å²) in [4.78, 5) is 0. The fraction of sp³-hybridized carbons (Fsp3) is 0.619. The van der Waals surface area contributed by atoms with E-state index in [9.17, 15) is 0 Å². The van der Waals surface area contributed by atoms with Gasteiger partial charge in [-0.2, -0.15) is 0 Å². The molecule has 0 aromatic carbocycles. The minimum Gasteiger partial charge on any atom is -0.383 e. The van der Waals surface area contributed by atoms with Gasteiger partial charge in [-0.25, -0.2) is 0 Å². The third-order valence-corrected chi connectivity index (χ3v) is 6.00. The van der Waals surface area contributed by atoms with Crippen LogP contribution in [0.15, 0.2) is 47.7 Å². The molecule has 120 valence electrons. The van der Waals surface area contributed by atoms with Gasteiger partial charge in [-0.15, -0.1) is 0 Å². The largest absolute Gasteiger partial charge is 0.383 e. The highest BCUT2D eigenvalue weighted by Gasteiger charge is 2.34. The standard InChI is InChI=1S/C21H31N/c1-4-10-21(11-5-6-12-21)13-9-17(3)19-15-22-20-8-7-16(2)14-18(19)20/h7-8,14-15,18,20,22H,3-6,9-13H2,1-2H3. The zero-order chi connectivity index (χ0) is 15.6. The number of hydrogen-bond donors (Lipinski definition) is 1. The topological polar surface area (TPSA) is 12.0 Å². The van der Waals surface area contributed by atoms with Crippen molar-refractivity contribution < 1.29 is 0 Å². The van der Waals surface area contributed by atoms with E-state index in [1.165, 1.54) is 68.1 Å². The van der Waals surface area contributed by atoms with Crippen LogP contribution >= 0.6 is 0 Å². The van der Waals surface area contributed by atoms with E-state index in [1.807, 2.05) is 0 Å². The van der Waals surface area contributed by atoms with Gasteiger partial charge >= 0.3 is 0 Å². The molecule has 1 heteroatoms. The van der Waals surface area contributed by atoms with E-state index in [0.29, 0.717) is 17.4 Å². The summed E-state index contributed by atoms with van der Waals surface area (Å²) in [7, 11) is 0. The first-order valence-electron chi connectivity index (χ1n) is 9.14. The van der Waals surface area contributed by atoms with E-state index in [4.69, 9.17) is 0 Å². The minimum atomic E-state index is 0.450. The van der Waals surface area contributed by atoms with Crippen LogP contribution < -0.4 is 5.32 Å². The lowest BCUT2D eigenvalue weighted by atomic mass is 9.75. The minimum absolute atomic E-state index is 0.450. The SMILES string of the molecule is C=C(CCC1(CCC)CCCC1)C1=CNC2C=CC(C)=CC12. The molecule has 0 saturated heterocycles. The van der Waals surface area contributed by atoms with Gasteiger partial charge in [-0.1, -0.05) is 56.6 Å². The average molecular weight is 297 g/mol. The summed E-state index contributed by atoms with van der Waals surface area (Å²) in [6.07, 6.45) is 20.2. The van der Waals surface area contributed by atoms with E-state index in [0.717, 1.165) is 0 Å². The maximum Gasteiger partial charge on any atom is 0.0546 e. The second kappa shape index (κ2) is 6.48. The molecule has 1 aliphatic heterocycles. The second-order valence-corrected chi connectivity index (χ2v) is 7.65. The van der Waals surface area contributed by atoms with Crippen LogP contribution in [0.2, 0.25) is 0 Å². The summed E-state index contributed by atoms with van der Waals surface area (Å²) in [5.41, 5.74) is 4.81. The maximum atomic E-state index is 4.44. The van der Waals surface area contributed by atoms with E-state index in [2.05, 4.69) is 50.2 Å². The maximum absolute atomic E-state index is 4.44. The summed E-state index contributed by atoms with van der Waals surface area (Å²) < 4.78 is 0. The Morgan fingerprint density at radius 2 is 2.09 bits per heavy atom. The highest BCUT2D eigenvalue weighted by atomic mass is 14.9. The van der Waals surface area contributed by atoms with Crippen LogP contribution in [0.1, 0.15) is 65.2 Å². The Kier molecular flexibility index (Phi) is 4.61. The number of fused-ring (bicyclic) bond motifs is 1. The molecule has 1 heterocycles. The summed E-state index contributed by atoms with van der Waals surface area (Å²) >= 11 is 0. The lowest BCUT2D eigenvalue weighted by Crippen LogP contribution is -2.26. The highest BCUT2D eigenvalue weighted by molar-refractivity contribution is 5.43. The Morgan fingerprint density at radius 3 is 2.82 bits per heavy atom. The fourth-order valence-electron chi connectivity index (χ4n) is 4.72. The van der Waals surface area contributed by atoms with Crippen LogP contribution in [0, 0.1) is 11.3 Å². The molecule has 0 amide bonds. The van der Waals surface area contributed by atoms with Crippen LogP contribution in [-0.2, 0) is 0 Å². The number of nitrogens with one attached hydrogen (secondary N) is 1. The first-order chi connectivity index (χ1) is 10.6. The molecule has 0 radical (unpaired) electrons. The summed E-state index contributed by atoms with van der Waals surface area (Å²) in [5, 5.41) is 3.52. The predicted molar refractivity (Wildman–Crippen MR) is 95.6 cm³/mol. The van der Waals surface area contributed by atoms with Crippen LogP contribution in [-0.4, -0.2) is 6.04 Å². The predicted octanol–water partition coefficient (Wildman–Crippen LogP) is 5.67. The average Bonchev–Trinajstić information content (AvgIpc) is 3.12. The molecule has 3 rings (SSSR count). The summed E-state index contributed by atoms with van der Waals surface area (Å²) in [6.45, 7) is 8.98. The molecule has 1 nitrogen and oxygen atoms in total. The molecule has 22 heavy (non-hydrogen) atoms. The third kappa shape index (κ3) is 3.09. The van der Waals surface area contributed by atoms with E-state index >= 15 is 0 Å². The molecule has 0 bridgehead atoms. The van der Waals surface area contributed by atoms with Crippen LogP contribution in [0.25, 0.3) is 0 Å². The van der Waals surface area contributed by atoms with Crippen molar-refractivity contribution >= 4 is 0 Å². The van der Waals surface area contributed by atoms with Crippen molar-refractivity contribution in [2.24, 2.45) is 11.3 Å². The van der Waals surface area contributed by atoms with Crippen molar-refractivity contribution in [2.75, 3.05) is 0 Å². The van der Waals surface area contributed by atoms with Crippen LogP contribution in [0.4, 0.5) is 0 Å². The van der Waals surface area contributed by atoms with Gasteiger partial charge in [0.1, 0.15) is 0 Å². The smallest absolute Gasteiger partial charge is 0.0546 e. The van der Waals surface area contributed by atoms with Gasteiger partial charge in [-0.3, -0.25) is 0 Å². The Bertz CT molecular complexity index is 514. The van der Waals surface area contributed by atoms with Crippen molar-refractivity contribution in [1.29, 1.82) is 0 Å². The van der Waals surface area contributed by atoms with E-state index < -0.39 is 0 Å². The Balaban J connectivity index is 1.62. The first-order valence-corrected chi connectivity index (χ1v) is 9.14. The van der Waals surface area contributed by atoms with E-state index in [1.54, 1.807) is 0 Å². The van der Waals surface area contributed by atoms with Crippen molar-refractivity contribution in [1.82, 2.24) is 5.32 Å². The Hall–Kier alpha value is -1.24. The van der Waals surface area contributed by atoms with Crippen LogP contribution in [0.3, 0.4) is 0 Å². The normalized spacial score (nSPS) is 28.8. The van der Waals surface area contributed by atoms with Gasteiger partial charge in [0.05, 0.1) is 6.04 Å². The molecule has 0 aromatic rings. The van der Waals surface area contributed by atoms with Gasteiger partial charge in [0.25, 0.3) is 0 Å². The van der Waals surface area contributed by atoms with Crippen molar-refractivity contribution in [3.8, 4) is 0 Å². The molecule has 0 spiro atoms. The molecule has 1 fully saturated rings. The Morgan fingerprint density at radius 1 is 1.32 bits per heavy atom. The molecular weight excluding hydrogens is 266 g/mol. The van der Waals surface area contributed by atoms with Crippen LogP contribution in [0.5, 0.6) is 0 Å². The van der Waals surface area contributed by atoms with Gasteiger partial charge < -0.3 is 5.32 Å². The summed E-state index contributed by atoms with van der Waals surface area (Å²) in [6, 6.07) is 0.450. The van der Waals surface area contributed by atoms with Gasteiger partial charge in [0.15, 0.2) is 0 Å². The molecule has 3 aliphatic rings. The van der Waals surface area contributed by atoms with Crippen molar-refractivity contribution in [2.45, 2.75) is 71.3 Å². The lowest BCUT2D eigenvalue weighted by molar-refractivity contribution is 0.246. The first kappa shape index (κ1) is 15.6. The third-order valence-electron chi connectivity index (χ3n) is 6.00. The molecule has 0 aromatic heterocycles. The zero-order valence-corrected chi connectivity index (χ0v) is 14.3. The number of allylic oxidation sites excluding steroid dienone is 3. The second-order valence-electron chi connectivity index (χ2n) is 7.65. The lowest BCUT2D eigenvalue weighted by Gasteiger charge is -2.30. The van der Waals surface area contributed by atoms with E-state index in [-0.39, 0.29) is 0 Å². The quantitative estimate of drug-likeness (QED) is 0.666. The van der Waals surface area contributed by atoms with Gasteiger partial charge in [0, 0.05) is 12.1 Å². The number of hydrogen-bond acceptors (Lipinski definition) is 1. The van der Waals surface area contributed by atoms with Gasteiger partial charge in [0.2, 0.25) is 0 Å².